The Morgan fingerprint density at radius 3 is 2.41 bits per heavy atom. The highest BCUT2D eigenvalue weighted by molar-refractivity contribution is 5.80. The van der Waals surface area contributed by atoms with Crippen LogP contribution in [0, 0.1) is 0 Å². The van der Waals surface area contributed by atoms with Crippen molar-refractivity contribution in [2.45, 2.75) is 20.8 Å². The highest BCUT2D eigenvalue weighted by Crippen LogP contribution is 1.90. The smallest absolute Gasteiger partial charge is 0.325 e. The maximum atomic E-state index is 11.6. The number of carbonyl (C=O) groups excluding carboxylic acids is 2. The molecular formula is C11H22N2O4. The highest BCUT2D eigenvalue weighted by Gasteiger charge is 2.12. The lowest BCUT2D eigenvalue weighted by Gasteiger charge is -2.20. The summed E-state index contributed by atoms with van der Waals surface area (Å²) >= 11 is 0. The van der Waals surface area contributed by atoms with Crippen LogP contribution in [-0.2, 0) is 14.3 Å². The Balaban J connectivity index is 3.87. The van der Waals surface area contributed by atoms with Crippen LogP contribution in [0.1, 0.15) is 20.8 Å². The summed E-state index contributed by atoms with van der Waals surface area (Å²) in [6.45, 7) is 7.92. The van der Waals surface area contributed by atoms with Gasteiger partial charge in [-0.2, -0.15) is 0 Å². The number of rotatable bonds is 8. The van der Waals surface area contributed by atoms with Gasteiger partial charge in [-0.3, -0.25) is 4.79 Å². The summed E-state index contributed by atoms with van der Waals surface area (Å²) in [7, 11) is 0. The minimum atomic E-state index is -0.429. The third-order valence-electron chi connectivity index (χ3n) is 2.07. The Kier molecular flexibility index (Phi) is 9.14. The Labute approximate surface area is 102 Å². The predicted octanol–water partition coefficient (Wildman–Crippen LogP) is 0.617. The maximum absolute atomic E-state index is 11.6. The number of carbonyl (C=O) groups is 2. The van der Waals surface area contributed by atoms with Crippen LogP contribution in [0.2, 0.25) is 0 Å². The number of nitrogens with zero attached hydrogens (tertiary/aromatic N) is 1. The SMILES string of the molecule is CCOCCN(CC)C(=O)NCC(=O)OCC. The van der Waals surface area contributed by atoms with Gasteiger partial charge in [-0.1, -0.05) is 0 Å². The molecule has 2 amide bonds. The lowest BCUT2D eigenvalue weighted by molar-refractivity contribution is -0.141. The number of nitrogens with one attached hydrogen (secondary N) is 1. The molecule has 0 unspecified atom stereocenters. The zero-order valence-corrected chi connectivity index (χ0v) is 10.8. The van der Waals surface area contributed by atoms with E-state index in [-0.39, 0.29) is 12.6 Å². The van der Waals surface area contributed by atoms with Crippen molar-refractivity contribution in [3.05, 3.63) is 0 Å². The van der Waals surface area contributed by atoms with E-state index in [1.54, 1.807) is 11.8 Å². The zero-order chi connectivity index (χ0) is 13.1. The van der Waals surface area contributed by atoms with E-state index in [9.17, 15) is 9.59 Å². The van der Waals surface area contributed by atoms with Crippen LogP contribution in [0.15, 0.2) is 0 Å². The van der Waals surface area contributed by atoms with E-state index < -0.39 is 5.97 Å². The monoisotopic (exact) mass is 246 g/mol. The second kappa shape index (κ2) is 9.89. The fourth-order valence-corrected chi connectivity index (χ4v) is 1.19. The molecule has 0 aromatic rings. The molecule has 0 rings (SSSR count). The van der Waals surface area contributed by atoms with Gasteiger partial charge in [0, 0.05) is 19.7 Å². The van der Waals surface area contributed by atoms with Crippen molar-refractivity contribution in [3.8, 4) is 0 Å². The molecule has 0 aliphatic carbocycles. The predicted molar refractivity (Wildman–Crippen MR) is 63.8 cm³/mol. The number of urea groups is 1. The molecular weight excluding hydrogens is 224 g/mol. The van der Waals surface area contributed by atoms with Gasteiger partial charge >= 0.3 is 12.0 Å². The third kappa shape index (κ3) is 7.57. The molecule has 0 fully saturated rings. The zero-order valence-electron chi connectivity index (χ0n) is 10.8. The van der Waals surface area contributed by atoms with E-state index >= 15 is 0 Å². The molecule has 0 saturated carbocycles. The van der Waals surface area contributed by atoms with Crippen molar-refractivity contribution in [2.24, 2.45) is 0 Å². The van der Waals surface area contributed by atoms with Gasteiger partial charge in [0.2, 0.25) is 0 Å². The highest BCUT2D eigenvalue weighted by atomic mass is 16.5. The van der Waals surface area contributed by atoms with Crippen molar-refractivity contribution in [3.63, 3.8) is 0 Å². The van der Waals surface area contributed by atoms with Crippen LogP contribution in [0.3, 0.4) is 0 Å². The summed E-state index contributed by atoms with van der Waals surface area (Å²) in [6, 6.07) is -0.278. The van der Waals surface area contributed by atoms with Gasteiger partial charge in [-0.05, 0) is 20.8 Å². The molecule has 0 spiro atoms. The van der Waals surface area contributed by atoms with Crippen LogP contribution < -0.4 is 5.32 Å². The molecule has 6 nitrogen and oxygen atoms in total. The molecule has 0 heterocycles. The summed E-state index contributed by atoms with van der Waals surface area (Å²) in [4.78, 5) is 24.2. The fraction of sp³-hybridized carbons (Fsp3) is 0.818. The lowest BCUT2D eigenvalue weighted by Crippen LogP contribution is -2.43. The van der Waals surface area contributed by atoms with E-state index in [1.165, 1.54) is 0 Å². The van der Waals surface area contributed by atoms with E-state index in [1.807, 2.05) is 13.8 Å². The number of hydrogen-bond acceptors (Lipinski definition) is 4. The largest absolute Gasteiger partial charge is 0.465 e. The first-order valence-electron chi connectivity index (χ1n) is 5.91. The third-order valence-corrected chi connectivity index (χ3v) is 2.07. The molecule has 100 valence electrons. The van der Waals surface area contributed by atoms with Crippen LogP contribution in [0.5, 0.6) is 0 Å². The second-order valence-corrected chi connectivity index (χ2v) is 3.24. The van der Waals surface area contributed by atoms with Gasteiger partial charge in [0.05, 0.1) is 13.2 Å². The number of hydrogen-bond donors (Lipinski definition) is 1. The molecule has 1 N–H and O–H groups in total. The van der Waals surface area contributed by atoms with Gasteiger partial charge < -0.3 is 19.7 Å². The molecule has 0 saturated heterocycles. The number of amides is 2. The Hall–Kier alpha value is -1.30. The molecule has 0 bridgehead atoms. The molecule has 0 aliphatic heterocycles. The topological polar surface area (TPSA) is 67.9 Å². The van der Waals surface area contributed by atoms with E-state index in [4.69, 9.17) is 9.47 Å². The van der Waals surface area contributed by atoms with Crippen LogP contribution >= 0.6 is 0 Å². The average Bonchev–Trinajstić information content (AvgIpc) is 2.32. The van der Waals surface area contributed by atoms with Crippen molar-refractivity contribution in [1.82, 2.24) is 10.2 Å². The van der Waals surface area contributed by atoms with Crippen LogP contribution in [0.25, 0.3) is 0 Å². The summed E-state index contributed by atoms with van der Waals surface area (Å²) < 4.78 is 9.87. The second-order valence-electron chi connectivity index (χ2n) is 3.24. The number of ether oxygens (including phenoxy) is 2. The summed E-state index contributed by atoms with van der Waals surface area (Å²) in [5, 5.41) is 2.50. The van der Waals surface area contributed by atoms with Gasteiger partial charge in [0.15, 0.2) is 0 Å². The van der Waals surface area contributed by atoms with E-state index in [0.29, 0.717) is 32.9 Å². The maximum Gasteiger partial charge on any atom is 0.325 e. The Morgan fingerprint density at radius 2 is 1.88 bits per heavy atom. The molecule has 0 aromatic carbocycles. The quantitative estimate of drug-likeness (QED) is 0.503. The lowest BCUT2D eigenvalue weighted by atomic mass is 10.5. The van der Waals surface area contributed by atoms with Gasteiger partial charge in [0.25, 0.3) is 0 Å². The number of esters is 1. The minimum Gasteiger partial charge on any atom is -0.465 e. The Bertz CT molecular complexity index is 234. The standard InChI is InChI=1S/C11H22N2O4/c1-4-13(7-8-16-5-2)11(15)12-9-10(14)17-6-3/h4-9H2,1-3H3,(H,12,15). The summed E-state index contributed by atoms with van der Waals surface area (Å²) in [5.41, 5.74) is 0. The molecule has 0 aromatic heterocycles. The van der Waals surface area contributed by atoms with Crippen molar-refractivity contribution in [2.75, 3.05) is 39.5 Å². The van der Waals surface area contributed by atoms with Crippen LogP contribution in [-0.4, -0.2) is 56.4 Å². The first-order valence-corrected chi connectivity index (χ1v) is 5.91. The first-order chi connectivity index (χ1) is 8.15. The molecule has 0 aliphatic rings. The molecule has 0 atom stereocenters. The summed E-state index contributed by atoms with van der Waals surface area (Å²) in [6.07, 6.45) is 0. The Morgan fingerprint density at radius 1 is 1.18 bits per heavy atom. The van der Waals surface area contributed by atoms with E-state index in [0.717, 1.165) is 0 Å². The van der Waals surface area contributed by atoms with Gasteiger partial charge in [-0.25, -0.2) is 4.79 Å². The van der Waals surface area contributed by atoms with E-state index in [2.05, 4.69) is 5.32 Å². The van der Waals surface area contributed by atoms with Crippen molar-refractivity contribution >= 4 is 12.0 Å². The molecule has 6 heteroatoms. The number of likely N-dealkylation sites (N-methyl/N-ethyl adjacent to an activating group) is 1. The average molecular weight is 246 g/mol. The molecule has 17 heavy (non-hydrogen) atoms. The van der Waals surface area contributed by atoms with Crippen LogP contribution in [0.4, 0.5) is 4.79 Å². The first kappa shape index (κ1) is 15.7. The van der Waals surface area contributed by atoms with Crippen molar-refractivity contribution < 1.29 is 19.1 Å². The normalized spacial score (nSPS) is 9.82. The van der Waals surface area contributed by atoms with Gasteiger partial charge in [-0.15, -0.1) is 0 Å². The molecule has 0 radical (unpaired) electrons. The van der Waals surface area contributed by atoms with Crippen molar-refractivity contribution in [1.29, 1.82) is 0 Å². The van der Waals surface area contributed by atoms with Gasteiger partial charge in [0.1, 0.15) is 6.54 Å². The summed E-state index contributed by atoms with van der Waals surface area (Å²) in [5.74, 6) is -0.429. The fourth-order valence-electron chi connectivity index (χ4n) is 1.19. The minimum absolute atomic E-state index is 0.0994.